The number of amides is 1. The molecule has 0 spiro atoms. The topological polar surface area (TPSA) is 78.9 Å². The average molecular weight is 300 g/mol. The van der Waals surface area contributed by atoms with Gasteiger partial charge in [0.2, 0.25) is 5.91 Å². The van der Waals surface area contributed by atoms with E-state index < -0.39 is 29.6 Å². The Bertz CT molecular complexity index is 553. The Kier molecular flexibility index (Phi) is 4.81. The van der Waals surface area contributed by atoms with Gasteiger partial charge in [-0.2, -0.15) is 0 Å². The van der Waals surface area contributed by atoms with Gasteiger partial charge >= 0.3 is 5.97 Å². The van der Waals surface area contributed by atoms with Gasteiger partial charge < -0.3 is 15.2 Å². The molecule has 0 bridgehead atoms. The van der Waals surface area contributed by atoms with Gasteiger partial charge in [0.25, 0.3) is 0 Å². The lowest BCUT2D eigenvalue weighted by atomic mass is 10.2. The fraction of sp³-hybridized carbons (Fsp3) is 0.385. The maximum absolute atomic E-state index is 13.4. The molecule has 2 rings (SSSR count). The van der Waals surface area contributed by atoms with Crippen LogP contribution in [-0.4, -0.2) is 54.2 Å². The fourth-order valence-corrected chi connectivity index (χ4v) is 2.02. The summed E-state index contributed by atoms with van der Waals surface area (Å²) < 4.78 is 31.5. The maximum Gasteiger partial charge on any atom is 0.323 e. The van der Waals surface area contributed by atoms with Crippen molar-refractivity contribution >= 4 is 17.6 Å². The highest BCUT2D eigenvalue weighted by Crippen LogP contribution is 2.15. The number of anilines is 1. The first kappa shape index (κ1) is 15.3. The lowest BCUT2D eigenvalue weighted by Crippen LogP contribution is -2.52. The number of hydrogen-bond donors (Lipinski definition) is 2. The van der Waals surface area contributed by atoms with Gasteiger partial charge in [0, 0.05) is 12.6 Å². The first-order valence-corrected chi connectivity index (χ1v) is 6.27. The van der Waals surface area contributed by atoms with Crippen LogP contribution in [0.2, 0.25) is 0 Å². The normalized spacial score (nSPS) is 19.2. The molecule has 1 heterocycles. The van der Waals surface area contributed by atoms with Gasteiger partial charge in [0.05, 0.1) is 25.4 Å². The van der Waals surface area contributed by atoms with Crippen LogP contribution in [0.1, 0.15) is 0 Å². The van der Waals surface area contributed by atoms with E-state index in [1.54, 1.807) is 0 Å². The number of benzene rings is 1. The molecular weight excluding hydrogens is 286 g/mol. The van der Waals surface area contributed by atoms with Crippen LogP contribution >= 0.6 is 0 Å². The summed E-state index contributed by atoms with van der Waals surface area (Å²) in [5, 5.41) is 11.3. The summed E-state index contributed by atoms with van der Waals surface area (Å²) in [7, 11) is 0. The largest absolute Gasteiger partial charge is 0.480 e. The predicted molar refractivity (Wildman–Crippen MR) is 68.8 cm³/mol. The van der Waals surface area contributed by atoms with Gasteiger partial charge in [0.1, 0.15) is 17.7 Å². The Balaban J connectivity index is 2.00. The number of carboxylic acids is 1. The van der Waals surface area contributed by atoms with Crippen LogP contribution in [0.4, 0.5) is 14.5 Å². The van der Waals surface area contributed by atoms with E-state index in [1.165, 1.54) is 4.90 Å². The molecule has 0 aromatic heterocycles. The summed E-state index contributed by atoms with van der Waals surface area (Å²) in [4.78, 5) is 24.3. The number of morpholine rings is 1. The van der Waals surface area contributed by atoms with Crippen LogP contribution in [0.15, 0.2) is 18.2 Å². The van der Waals surface area contributed by atoms with E-state index in [0.717, 1.165) is 18.2 Å². The molecule has 21 heavy (non-hydrogen) atoms. The zero-order valence-electron chi connectivity index (χ0n) is 11.0. The number of carbonyl (C=O) groups is 2. The molecule has 1 fully saturated rings. The van der Waals surface area contributed by atoms with Crippen molar-refractivity contribution in [1.82, 2.24) is 4.90 Å². The molecule has 0 saturated carbocycles. The second kappa shape index (κ2) is 6.59. The second-order valence-electron chi connectivity index (χ2n) is 4.57. The fourth-order valence-electron chi connectivity index (χ4n) is 2.02. The van der Waals surface area contributed by atoms with Crippen LogP contribution in [0.5, 0.6) is 0 Å². The Morgan fingerprint density at radius 2 is 2.19 bits per heavy atom. The summed E-state index contributed by atoms with van der Waals surface area (Å²) in [6.07, 6.45) is 0. The molecule has 1 aromatic rings. The van der Waals surface area contributed by atoms with E-state index in [4.69, 9.17) is 9.84 Å². The number of rotatable bonds is 4. The number of carbonyl (C=O) groups excluding carboxylic acids is 1. The summed E-state index contributed by atoms with van der Waals surface area (Å²) in [6, 6.07) is 1.77. The SMILES string of the molecule is O=C(CN1CCOCC1C(=O)O)Nc1cc(F)ccc1F. The van der Waals surface area contributed by atoms with Crippen molar-refractivity contribution in [2.24, 2.45) is 0 Å². The smallest absolute Gasteiger partial charge is 0.323 e. The van der Waals surface area contributed by atoms with Crippen molar-refractivity contribution in [2.45, 2.75) is 6.04 Å². The molecule has 0 radical (unpaired) electrons. The third-order valence-electron chi connectivity index (χ3n) is 3.07. The van der Waals surface area contributed by atoms with Gasteiger partial charge in [-0.1, -0.05) is 0 Å². The van der Waals surface area contributed by atoms with Gasteiger partial charge in [-0.15, -0.1) is 0 Å². The molecule has 2 N–H and O–H groups in total. The molecule has 1 atom stereocenters. The number of nitrogens with one attached hydrogen (secondary N) is 1. The first-order chi connectivity index (χ1) is 9.97. The maximum atomic E-state index is 13.4. The third-order valence-corrected chi connectivity index (χ3v) is 3.07. The standard InChI is InChI=1S/C13H14F2N2O4/c14-8-1-2-9(15)10(5-8)16-12(18)6-17-3-4-21-7-11(17)13(19)20/h1-2,5,11H,3-4,6-7H2,(H,16,18)(H,19,20). The number of ether oxygens (including phenoxy) is 1. The minimum Gasteiger partial charge on any atom is -0.480 e. The van der Waals surface area contributed by atoms with Crippen LogP contribution < -0.4 is 5.32 Å². The zero-order valence-corrected chi connectivity index (χ0v) is 11.0. The molecule has 0 aliphatic carbocycles. The predicted octanol–water partition coefficient (Wildman–Crippen LogP) is 0.689. The van der Waals surface area contributed by atoms with Crippen molar-refractivity contribution in [3.63, 3.8) is 0 Å². The monoisotopic (exact) mass is 300 g/mol. The van der Waals surface area contributed by atoms with Crippen molar-refractivity contribution in [3.8, 4) is 0 Å². The van der Waals surface area contributed by atoms with Crippen molar-refractivity contribution in [2.75, 3.05) is 31.6 Å². The summed E-state index contributed by atoms with van der Waals surface area (Å²) >= 11 is 0. The van der Waals surface area contributed by atoms with E-state index in [9.17, 15) is 18.4 Å². The Labute approximate surface area is 119 Å². The molecule has 1 unspecified atom stereocenters. The number of hydrogen-bond acceptors (Lipinski definition) is 4. The van der Waals surface area contributed by atoms with Crippen molar-refractivity contribution in [3.05, 3.63) is 29.8 Å². The van der Waals surface area contributed by atoms with E-state index >= 15 is 0 Å². The van der Waals surface area contributed by atoms with E-state index in [1.807, 2.05) is 0 Å². The summed E-state index contributed by atoms with van der Waals surface area (Å²) in [6.45, 7) is 0.328. The molecule has 6 nitrogen and oxygen atoms in total. The van der Waals surface area contributed by atoms with E-state index in [2.05, 4.69) is 5.32 Å². The number of halogens is 2. The molecule has 114 valence electrons. The highest BCUT2D eigenvalue weighted by molar-refractivity contribution is 5.92. The summed E-state index contributed by atoms with van der Waals surface area (Å²) in [5.41, 5.74) is -0.278. The van der Waals surface area contributed by atoms with Crippen molar-refractivity contribution < 1.29 is 28.2 Å². The minimum atomic E-state index is -1.10. The molecular formula is C13H14F2N2O4. The lowest BCUT2D eigenvalue weighted by Gasteiger charge is -2.32. The van der Waals surface area contributed by atoms with Gasteiger partial charge in [-0.25, -0.2) is 8.78 Å². The Morgan fingerprint density at radius 3 is 2.90 bits per heavy atom. The number of carboxylic acid groups (broad SMARTS) is 1. The number of aliphatic carboxylic acids is 1. The first-order valence-electron chi connectivity index (χ1n) is 6.27. The highest BCUT2D eigenvalue weighted by Gasteiger charge is 2.30. The molecule has 1 saturated heterocycles. The molecule has 1 aliphatic rings. The van der Waals surface area contributed by atoms with Crippen LogP contribution in [-0.2, 0) is 14.3 Å². The molecule has 1 aliphatic heterocycles. The molecule has 1 aromatic carbocycles. The third kappa shape index (κ3) is 3.96. The van der Waals surface area contributed by atoms with E-state index in [0.29, 0.717) is 6.61 Å². The minimum absolute atomic E-state index is 0.0169. The quantitative estimate of drug-likeness (QED) is 0.855. The van der Waals surface area contributed by atoms with Crippen LogP contribution in [0.25, 0.3) is 0 Å². The molecule has 1 amide bonds. The Morgan fingerprint density at radius 1 is 1.43 bits per heavy atom. The highest BCUT2D eigenvalue weighted by atomic mass is 19.1. The summed E-state index contributed by atoms with van der Waals surface area (Å²) in [5.74, 6) is -3.16. The van der Waals surface area contributed by atoms with Gasteiger partial charge in [0.15, 0.2) is 0 Å². The second-order valence-corrected chi connectivity index (χ2v) is 4.57. The number of nitrogens with zero attached hydrogens (tertiary/aromatic N) is 1. The van der Waals surface area contributed by atoms with Gasteiger partial charge in [-0.05, 0) is 12.1 Å². The molecule has 8 heteroatoms. The Hall–Kier alpha value is -2.06. The van der Waals surface area contributed by atoms with Crippen molar-refractivity contribution in [1.29, 1.82) is 0 Å². The van der Waals surface area contributed by atoms with Crippen LogP contribution in [0, 0.1) is 11.6 Å². The van der Waals surface area contributed by atoms with Crippen LogP contribution in [0.3, 0.4) is 0 Å². The average Bonchev–Trinajstić information content (AvgIpc) is 2.43. The zero-order chi connectivity index (χ0) is 15.4. The van der Waals surface area contributed by atoms with E-state index in [-0.39, 0.29) is 25.4 Å². The van der Waals surface area contributed by atoms with Gasteiger partial charge in [-0.3, -0.25) is 14.5 Å². The lowest BCUT2D eigenvalue weighted by molar-refractivity contribution is -0.150.